The topological polar surface area (TPSA) is 42.0 Å². The molecule has 2 rings (SSSR count). The van der Waals surface area contributed by atoms with Crippen LogP contribution in [-0.4, -0.2) is 17.4 Å². The Hall–Kier alpha value is -0.610. The Balaban J connectivity index is 1.72. The van der Waals surface area contributed by atoms with Crippen LogP contribution in [0.3, 0.4) is 0 Å². The first-order valence-electron chi connectivity index (χ1n) is 6.04. The number of nitrogens with zero attached hydrogens (tertiary/aromatic N) is 1. The molecule has 0 saturated heterocycles. The molecule has 0 spiro atoms. The number of nitrogens with one attached hydrogen (secondary N) is 1. The van der Waals surface area contributed by atoms with E-state index in [9.17, 15) is 4.79 Å². The van der Waals surface area contributed by atoms with Crippen LogP contribution in [0.2, 0.25) is 0 Å². The van der Waals surface area contributed by atoms with Crippen LogP contribution in [0.1, 0.15) is 36.4 Å². The number of hydrogen-bond donors (Lipinski definition) is 1. The van der Waals surface area contributed by atoms with Gasteiger partial charge in [0.2, 0.25) is 5.91 Å². The zero-order valence-corrected chi connectivity index (χ0v) is 11.3. The minimum Gasteiger partial charge on any atom is -0.355 e. The molecule has 1 aromatic rings. The van der Waals surface area contributed by atoms with Crippen molar-refractivity contribution in [2.45, 2.75) is 38.0 Å². The van der Waals surface area contributed by atoms with E-state index in [0.29, 0.717) is 18.2 Å². The van der Waals surface area contributed by atoms with Crippen molar-refractivity contribution in [2.24, 2.45) is 5.92 Å². The summed E-state index contributed by atoms with van der Waals surface area (Å²) in [6, 6.07) is 0. The van der Waals surface area contributed by atoms with Crippen LogP contribution in [0.15, 0.2) is 5.38 Å². The van der Waals surface area contributed by atoms with Gasteiger partial charge in [0.05, 0.1) is 18.0 Å². The normalized spacial score (nSPS) is 16.3. The van der Waals surface area contributed by atoms with Gasteiger partial charge < -0.3 is 5.32 Å². The third kappa shape index (κ3) is 3.96. The maximum absolute atomic E-state index is 11.7. The van der Waals surface area contributed by atoms with E-state index in [1.807, 2.05) is 5.38 Å². The van der Waals surface area contributed by atoms with Crippen molar-refractivity contribution in [3.63, 3.8) is 0 Å². The monoisotopic (exact) mass is 272 g/mol. The fraction of sp³-hybridized carbons (Fsp3) is 0.667. The highest BCUT2D eigenvalue weighted by molar-refractivity contribution is 7.09. The second-order valence-electron chi connectivity index (χ2n) is 4.50. The van der Waals surface area contributed by atoms with Gasteiger partial charge in [-0.1, -0.05) is 12.8 Å². The molecule has 0 bridgehead atoms. The van der Waals surface area contributed by atoms with Crippen LogP contribution in [-0.2, 0) is 17.1 Å². The number of carbonyl (C=O) groups excluding carboxylic acids is 1. The van der Waals surface area contributed by atoms with Gasteiger partial charge in [-0.05, 0) is 18.8 Å². The van der Waals surface area contributed by atoms with E-state index in [2.05, 4.69) is 10.3 Å². The number of carbonyl (C=O) groups is 1. The summed E-state index contributed by atoms with van der Waals surface area (Å²) in [7, 11) is 0. The van der Waals surface area contributed by atoms with Gasteiger partial charge in [0.25, 0.3) is 0 Å². The molecular weight excluding hydrogens is 256 g/mol. The zero-order chi connectivity index (χ0) is 12.1. The average molecular weight is 273 g/mol. The molecule has 0 aliphatic heterocycles. The molecule has 94 valence electrons. The molecule has 0 atom stereocenters. The summed E-state index contributed by atoms with van der Waals surface area (Å²) in [5.41, 5.74) is 0.857. The van der Waals surface area contributed by atoms with Crippen LogP contribution in [0.4, 0.5) is 0 Å². The lowest BCUT2D eigenvalue weighted by Gasteiger charge is -2.09. The van der Waals surface area contributed by atoms with E-state index in [1.54, 1.807) is 0 Å². The molecule has 17 heavy (non-hydrogen) atoms. The first-order chi connectivity index (χ1) is 8.28. The van der Waals surface area contributed by atoms with Crippen LogP contribution < -0.4 is 5.32 Å². The summed E-state index contributed by atoms with van der Waals surface area (Å²) < 4.78 is 0. The lowest BCUT2D eigenvalue weighted by Crippen LogP contribution is -2.29. The third-order valence-electron chi connectivity index (χ3n) is 3.11. The SMILES string of the molecule is O=C(Cc1nc(CCl)cs1)NCC1CCCC1. The molecule has 0 aromatic carbocycles. The molecule has 1 saturated carbocycles. The fourth-order valence-corrected chi connectivity index (χ4v) is 3.18. The number of thiazole rings is 1. The lowest BCUT2D eigenvalue weighted by atomic mass is 10.1. The van der Waals surface area contributed by atoms with Crippen molar-refractivity contribution in [3.05, 3.63) is 16.1 Å². The molecule has 5 heteroatoms. The Kier molecular flexibility index (Phi) is 4.80. The first kappa shape index (κ1) is 12.8. The Morgan fingerprint density at radius 1 is 1.53 bits per heavy atom. The highest BCUT2D eigenvalue weighted by Crippen LogP contribution is 2.23. The standard InChI is InChI=1S/C12H17ClN2OS/c13-6-10-8-17-12(15-10)5-11(16)14-7-9-3-1-2-4-9/h8-9H,1-7H2,(H,14,16). The highest BCUT2D eigenvalue weighted by atomic mass is 35.5. The quantitative estimate of drug-likeness (QED) is 0.838. The number of halogens is 1. The Bertz CT molecular complexity index is 374. The molecule has 1 aliphatic rings. The Morgan fingerprint density at radius 3 is 2.94 bits per heavy atom. The molecule has 1 heterocycles. The van der Waals surface area contributed by atoms with E-state index < -0.39 is 0 Å². The molecule has 1 aliphatic carbocycles. The van der Waals surface area contributed by atoms with Crippen LogP contribution in [0, 0.1) is 5.92 Å². The van der Waals surface area contributed by atoms with Crippen molar-refractivity contribution in [2.75, 3.05) is 6.54 Å². The third-order valence-corrected chi connectivity index (χ3v) is 4.28. The molecule has 1 aromatic heterocycles. The smallest absolute Gasteiger partial charge is 0.226 e. The molecule has 1 amide bonds. The van der Waals surface area contributed by atoms with Crippen molar-refractivity contribution < 1.29 is 4.79 Å². The minimum absolute atomic E-state index is 0.0763. The first-order valence-corrected chi connectivity index (χ1v) is 7.45. The van der Waals surface area contributed by atoms with Gasteiger partial charge in [0.15, 0.2) is 0 Å². The number of alkyl halides is 1. The lowest BCUT2D eigenvalue weighted by molar-refractivity contribution is -0.120. The van der Waals surface area contributed by atoms with Crippen LogP contribution in [0.5, 0.6) is 0 Å². The summed E-state index contributed by atoms with van der Waals surface area (Å²) in [4.78, 5) is 16.0. The van der Waals surface area contributed by atoms with Gasteiger partial charge in [-0.2, -0.15) is 0 Å². The predicted molar refractivity (Wildman–Crippen MR) is 70.3 cm³/mol. The van der Waals surface area contributed by atoms with Crippen LogP contribution >= 0.6 is 22.9 Å². The van der Waals surface area contributed by atoms with E-state index in [1.165, 1.54) is 37.0 Å². The second-order valence-corrected chi connectivity index (χ2v) is 5.71. The van der Waals surface area contributed by atoms with E-state index >= 15 is 0 Å². The van der Waals surface area contributed by atoms with Gasteiger partial charge in [-0.3, -0.25) is 4.79 Å². The number of rotatable bonds is 5. The molecule has 1 fully saturated rings. The maximum Gasteiger partial charge on any atom is 0.226 e. The van der Waals surface area contributed by atoms with Gasteiger partial charge >= 0.3 is 0 Å². The second kappa shape index (κ2) is 6.36. The van der Waals surface area contributed by atoms with Gasteiger partial charge in [-0.15, -0.1) is 22.9 Å². The zero-order valence-electron chi connectivity index (χ0n) is 9.75. The highest BCUT2D eigenvalue weighted by Gasteiger charge is 2.16. The average Bonchev–Trinajstić information content (AvgIpc) is 2.97. The van der Waals surface area contributed by atoms with Gasteiger partial charge in [0, 0.05) is 11.9 Å². The molecular formula is C12H17ClN2OS. The summed E-state index contributed by atoms with van der Waals surface area (Å²) >= 11 is 7.17. The largest absolute Gasteiger partial charge is 0.355 e. The number of hydrogen-bond acceptors (Lipinski definition) is 3. The fourth-order valence-electron chi connectivity index (χ4n) is 2.16. The number of amides is 1. The summed E-state index contributed by atoms with van der Waals surface area (Å²) in [6.45, 7) is 0.826. The molecule has 0 radical (unpaired) electrons. The van der Waals surface area contributed by atoms with E-state index in [0.717, 1.165) is 17.2 Å². The minimum atomic E-state index is 0.0763. The van der Waals surface area contributed by atoms with Crippen molar-refractivity contribution in [1.82, 2.24) is 10.3 Å². The van der Waals surface area contributed by atoms with E-state index in [-0.39, 0.29) is 5.91 Å². The maximum atomic E-state index is 11.7. The summed E-state index contributed by atoms with van der Waals surface area (Å²) in [5, 5.41) is 5.76. The molecule has 1 N–H and O–H groups in total. The van der Waals surface area contributed by atoms with E-state index in [4.69, 9.17) is 11.6 Å². The summed E-state index contributed by atoms with van der Waals surface area (Å²) in [6.07, 6.45) is 5.52. The molecule has 0 unspecified atom stereocenters. The predicted octanol–water partition coefficient (Wildman–Crippen LogP) is 2.73. The van der Waals surface area contributed by atoms with Crippen molar-refractivity contribution >= 4 is 28.8 Å². The van der Waals surface area contributed by atoms with Crippen LogP contribution in [0.25, 0.3) is 0 Å². The Labute approximate surface area is 111 Å². The Morgan fingerprint density at radius 2 is 2.29 bits per heavy atom. The van der Waals surface area contributed by atoms with Crippen molar-refractivity contribution in [1.29, 1.82) is 0 Å². The summed E-state index contributed by atoms with van der Waals surface area (Å²) in [5.74, 6) is 1.18. The van der Waals surface area contributed by atoms with Crippen molar-refractivity contribution in [3.8, 4) is 0 Å². The molecule has 3 nitrogen and oxygen atoms in total. The van der Waals surface area contributed by atoms with Gasteiger partial charge in [0.1, 0.15) is 5.01 Å². The number of aromatic nitrogens is 1. The van der Waals surface area contributed by atoms with Gasteiger partial charge in [-0.25, -0.2) is 4.98 Å².